The second kappa shape index (κ2) is 5.98. The number of nitrogens with two attached hydrogens (primary N) is 1. The van der Waals surface area contributed by atoms with Crippen LogP contribution in [0.2, 0.25) is 0 Å². The Labute approximate surface area is 114 Å². The number of nitrogens with zero attached hydrogens (tertiary/aromatic N) is 3. The monoisotopic (exact) mass is 262 g/mol. The molecule has 2 heterocycles. The number of ether oxygens (including phenoxy) is 1. The molecule has 1 fully saturated rings. The van der Waals surface area contributed by atoms with Crippen LogP contribution in [0.4, 0.5) is 11.5 Å². The van der Waals surface area contributed by atoms with Crippen LogP contribution in [-0.4, -0.2) is 30.4 Å². The highest BCUT2D eigenvalue weighted by Gasteiger charge is 2.22. The molecule has 104 valence electrons. The second-order valence-corrected chi connectivity index (χ2v) is 4.84. The smallest absolute Gasteiger partial charge is 0.133 e. The summed E-state index contributed by atoms with van der Waals surface area (Å²) < 4.78 is 7.69. The van der Waals surface area contributed by atoms with E-state index in [4.69, 9.17) is 10.5 Å². The van der Waals surface area contributed by atoms with Gasteiger partial charge in [-0.15, -0.1) is 0 Å². The van der Waals surface area contributed by atoms with Crippen molar-refractivity contribution in [3.05, 3.63) is 11.8 Å². The summed E-state index contributed by atoms with van der Waals surface area (Å²) in [5.74, 6) is 0.956. The van der Waals surface area contributed by atoms with Gasteiger partial charge >= 0.3 is 0 Å². The number of rotatable bonds is 5. The van der Waals surface area contributed by atoms with Crippen molar-refractivity contribution in [1.29, 1.82) is 5.26 Å². The Kier molecular flexibility index (Phi) is 4.33. The number of aromatic nitrogens is 1. The van der Waals surface area contributed by atoms with Gasteiger partial charge in [-0.2, -0.15) is 5.26 Å². The first kappa shape index (κ1) is 13.8. The highest BCUT2D eigenvalue weighted by molar-refractivity contribution is 5.67. The molecule has 0 radical (unpaired) electrons. The first-order valence-corrected chi connectivity index (χ1v) is 6.96. The Morgan fingerprint density at radius 1 is 1.53 bits per heavy atom. The van der Waals surface area contributed by atoms with E-state index in [2.05, 4.69) is 24.8 Å². The van der Waals surface area contributed by atoms with E-state index in [9.17, 15) is 5.26 Å². The Hall–Kier alpha value is -1.67. The van der Waals surface area contributed by atoms with Gasteiger partial charge in [0.2, 0.25) is 0 Å². The van der Waals surface area contributed by atoms with Gasteiger partial charge in [-0.25, -0.2) is 0 Å². The molecule has 2 rings (SSSR count). The summed E-state index contributed by atoms with van der Waals surface area (Å²) >= 11 is 0. The van der Waals surface area contributed by atoms with Crippen molar-refractivity contribution in [2.75, 3.05) is 30.3 Å². The SMILES string of the molecule is CCN(CC)c1c(N)cc(C#N)n1C[C@@H]1CCCO1. The summed E-state index contributed by atoms with van der Waals surface area (Å²) in [6.45, 7) is 7.48. The minimum Gasteiger partial charge on any atom is -0.396 e. The third-order valence-electron chi connectivity index (χ3n) is 3.68. The molecule has 0 aliphatic carbocycles. The number of hydrogen-bond donors (Lipinski definition) is 1. The van der Waals surface area contributed by atoms with Gasteiger partial charge in [0, 0.05) is 19.7 Å². The van der Waals surface area contributed by atoms with Crippen LogP contribution < -0.4 is 10.6 Å². The fourth-order valence-corrected chi connectivity index (χ4v) is 2.71. The van der Waals surface area contributed by atoms with Crippen molar-refractivity contribution in [2.24, 2.45) is 0 Å². The average Bonchev–Trinajstić information content (AvgIpc) is 3.02. The molecule has 0 amide bonds. The van der Waals surface area contributed by atoms with Crippen LogP contribution in [0.15, 0.2) is 6.07 Å². The molecule has 1 saturated heterocycles. The molecule has 1 atom stereocenters. The summed E-state index contributed by atoms with van der Waals surface area (Å²) in [4.78, 5) is 2.19. The maximum atomic E-state index is 9.27. The molecule has 0 bridgehead atoms. The van der Waals surface area contributed by atoms with E-state index >= 15 is 0 Å². The summed E-state index contributed by atoms with van der Waals surface area (Å²) in [5, 5.41) is 9.27. The predicted molar refractivity (Wildman–Crippen MR) is 76.1 cm³/mol. The summed E-state index contributed by atoms with van der Waals surface area (Å²) in [6, 6.07) is 4.00. The molecule has 1 aromatic rings. The normalized spacial score (nSPS) is 18.5. The van der Waals surface area contributed by atoms with Crippen molar-refractivity contribution >= 4 is 11.5 Å². The first-order valence-electron chi connectivity index (χ1n) is 6.96. The van der Waals surface area contributed by atoms with Crippen molar-refractivity contribution < 1.29 is 4.74 Å². The largest absolute Gasteiger partial charge is 0.396 e. The van der Waals surface area contributed by atoms with Crippen LogP contribution in [-0.2, 0) is 11.3 Å². The maximum absolute atomic E-state index is 9.27. The zero-order valence-electron chi connectivity index (χ0n) is 11.7. The van der Waals surface area contributed by atoms with Crippen molar-refractivity contribution in [3.8, 4) is 6.07 Å². The van der Waals surface area contributed by atoms with Crippen LogP contribution in [0.3, 0.4) is 0 Å². The van der Waals surface area contributed by atoms with Crippen LogP contribution in [0.5, 0.6) is 0 Å². The summed E-state index contributed by atoms with van der Waals surface area (Å²) in [5.41, 5.74) is 7.39. The molecule has 2 N–H and O–H groups in total. The van der Waals surface area contributed by atoms with Crippen LogP contribution in [0, 0.1) is 11.3 Å². The summed E-state index contributed by atoms with van der Waals surface area (Å²) in [7, 11) is 0. The lowest BCUT2D eigenvalue weighted by atomic mass is 10.2. The number of anilines is 2. The van der Waals surface area contributed by atoms with Gasteiger partial charge in [0.1, 0.15) is 17.6 Å². The Morgan fingerprint density at radius 2 is 2.26 bits per heavy atom. The molecule has 5 nitrogen and oxygen atoms in total. The highest BCUT2D eigenvalue weighted by atomic mass is 16.5. The highest BCUT2D eigenvalue weighted by Crippen LogP contribution is 2.29. The molecule has 5 heteroatoms. The fourth-order valence-electron chi connectivity index (χ4n) is 2.71. The number of nitriles is 1. The third-order valence-corrected chi connectivity index (χ3v) is 3.68. The molecular formula is C14H22N4O. The number of nitrogen functional groups attached to an aromatic ring is 1. The molecular weight excluding hydrogens is 240 g/mol. The topological polar surface area (TPSA) is 67.2 Å². The van der Waals surface area contributed by atoms with Gasteiger partial charge in [0.25, 0.3) is 0 Å². The van der Waals surface area contributed by atoms with Crippen LogP contribution in [0.1, 0.15) is 32.4 Å². The minimum atomic E-state index is 0.202. The molecule has 1 aliphatic rings. The molecule has 0 unspecified atom stereocenters. The lowest BCUT2D eigenvalue weighted by Gasteiger charge is -2.25. The van der Waals surface area contributed by atoms with Crippen molar-refractivity contribution in [2.45, 2.75) is 39.3 Å². The second-order valence-electron chi connectivity index (χ2n) is 4.84. The Balaban J connectivity index is 2.34. The van der Waals surface area contributed by atoms with E-state index in [1.165, 1.54) is 0 Å². The van der Waals surface area contributed by atoms with E-state index in [0.29, 0.717) is 17.9 Å². The van der Waals surface area contributed by atoms with Gasteiger partial charge in [-0.05, 0) is 32.8 Å². The standard InChI is InChI=1S/C14H22N4O/c1-3-17(4-2)14-13(16)8-11(9-15)18(14)10-12-6-5-7-19-12/h8,12H,3-7,10,16H2,1-2H3/t12-/m0/s1. The van der Waals surface area contributed by atoms with E-state index in [1.54, 1.807) is 6.07 Å². The minimum absolute atomic E-state index is 0.202. The quantitative estimate of drug-likeness (QED) is 0.881. The van der Waals surface area contributed by atoms with Crippen molar-refractivity contribution in [3.63, 3.8) is 0 Å². The van der Waals surface area contributed by atoms with Gasteiger partial charge in [0.05, 0.1) is 18.3 Å². The lowest BCUT2D eigenvalue weighted by molar-refractivity contribution is 0.0972. The third kappa shape index (κ3) is 2.69. The zero-order chi connectivity index (χ0) is 13.8. The van der Waals surface area contributed by atoms with Crippen LogP contribution >= 0.6 is 0 Å². The molecule has 0 spiro atoms. The Morgan fingerprint density at radius 3 is 2.79 bits per heavy atom. The predicted octanol–water partition coefficient (Wildman–Crippen LogP) is 1.97. The van der Waals surface area contributed by atoms with E-state index in [0.717, 1.165) is 38.4 Å². The maximum Gasteiger partial charge on any atom is 0.133 e. The molecule has 19 heavy (non-hydrogen) atoms. The van der Waals surface area contributed by atoms with E-state index in [1.807, 2.05) is 4.57 Å². The molecule has 1 aliphatic heterocycles. The molecule has 0 saturated carbocycles. The van der Waals surface area contributed by atoms with Gasteiger partial charge in [0.15, 0.2) is 0 Å². The average molecular weight is 262 g/mol. The van der Waals surface area contributed by atoms with E-state index in [-0.39, 0.29) is 6.10 Å². The zero-order valence-corrected chi connectivity index (χ0v) is 11.7. The van der Waals surface area contributed by atoms with E-state index < -0.39 is 0 Å². The van der Waals surface area contributed by atoms with Gasteiger partial charge in [-0.3, -0.25) is 0 Å². The van der Waals surface area contributed by atoms with Gasteiger partial charge < -0.3 is 19.9 Å². The van der Waals surface area contributed by atoms with Crippen molar-refractivity contribution in [1.82, 2.24) is 4.57 Å². The lowest BCUT2D eigenvalue weighted by Crippen LogP contribution is -2.28. The number of hydrogen-bond acceptors (Lipinski definition) is 4. The molecule has 0 aromatic carbocycles. The van der Waals surface area contributed by atoms with Crippen LogP contribution in [0.25, 0.3) is 0 Å². The first-order chi connectivity index (χ1) is 9.21. The Bertz CT molecular complexity index is 465. The summed E-state index contributed by atoms with van der Waals surface area (Å²) in [6.07, 6.45) is 2.36. The molecule has 1 aromatic heterocycles. The fraction of sp³-hybridized carbons (Fsp3) is 0.643. The van der Waals surface area contributed by atoms with Gasteiger partial charge in [-0.1, -0.05) is 0 Å².